The molecule has 0 heterocycles. The number of amides is 1. The standard InChI is InChI=1S/C11H13ClINO2/c1-2-14(5-6-15)11(16)8-3-4-9(12)10(13)7-8/h3-4,7,15H,2,5-6H2,1H3. The lowest BCUT2D eigenvalue weighted by molar-refractivity contribution is 0.0732. The summed E-state index contributed by atoms with van der Waals surface area (Å²) in [5.41, 5.74) is 0.601. The largest absolute Gasteiger partial charge is 0.395 e. The normalized spacial score (nSPS) is 10.2. The van der Waals surface area contributed by atoms with Crippen molar-refractivity contribution in [1.82, 2.24) is 4.90 Å². The predicted octanol–water partition coefficient (Wildman–Crippen LogP) is 2.40. The van der Waals surface area contributed by atoms with Crippen molar-refractivity contribution >= 4 is 40.1 Å². The summed E-state index contributed by atoms with van der Waals surface area (Å²) in [5, 5.41) is 9.49. The zero-order chi connectivity index (χ0) is 12.1. The average Bonchev–Trinajstić information content (AvgIpc) is 2.28. The van der Waals surface area contributed by atoms with Gasteiger partial charge in [-0.25, -0.2) is 0 Å². The molecule has 1 rings (SSSR count). The predicted molar refractivity (Wildman–Crippen MR) is 72.8 cm³/mol. The number of rotatable bonds is 4. The third-order valence-corrected chi connectivity index (χ3v) is 3.75. The van der Waals surface area contributed by atoms with Crippen LogP contribution in [-0.2, 0) is 0 Å². The third-order valence-electron chi connectivity index (χ3n) is 2.21. The molecule has 0 atom stereocenters. The fraction of sp³-hybridized carbons (Fsp3) is 0.364. The van der Waals surface area contributed by atoms with E-state index < -0.39 is 0 Å². The number of benzene rings is 1. The molecule has 0 radical (unpaired) electrons. The molecule has 16 heavy (non-hydrogen) atoms. The van der Waals surface area contributed by atoms with Crippen molar-refractivity contribution in [3.8, 4) is 0 Å². The number of halogens is 2. The van der Waals surface area contributed by atoms with Crippen molar-refractivity contribution in [2.24, 2.45) is 0 Å². The zero-order valence-corrected chi connectivity index (χ0v) is 11.8. The molecule has 0 fully saturated rings. The monoisotopic (exact) mass is 353 g/mol. The number of carbonyl (C=O) groups excluding carboxylic acids is 1. The first-order valence-electron chi connectivity index (χ1n) is 4.95. The van der Waals surface area contributed by atoms with Crippen LogP contribution in [0.3, 0.4) is 0 Å². The van der Waals surface area contributed by atoms with Gasteiger partial charge in [-0.2, -0.15) is 0 Å². The topological polar surface area (TPSA) is 40.5 Å². The summed E-state index contributed by atoms with van der Waals surface area (Å²) in [4.78, 5) is 13.6. The van der Waals surface area contributed by atoms with Crippen molar-refractivity contribution in [2.45, 2.75) is 6.92 Å². The molecule has 1 N–H and O–H groups in total. The Bertz CT molecular complexity index is 384. The van der Waals surface area contributed by atoms with Crippen LogP contribution in [0.1, 0.15) is 17.3 Å². The third kappa shape index (κ3) is 3.33. The molecule has 0 aromatic heterocycles. The quantitative estimate of drug-likeness (QED) is 0.845. The second kappa shape index (κ2) is 6.42. The van der Waals surface area contributed by atoms with E-state index in [2.05, 4.69) is 22.6 Å². The van der Waals surface area contributed by atoms with E-state index in [1.54, 1.807) is 23.1 Å². The van der Waals surface area contributed by atoms with Crippen LogP contribution >= 0.6 is 34.2 Å². The minimum absolute atomic E-state index is 0.0235. The summed E-state index contributed by atoms with van der Waals surface area (Å²) in [6.07, 6.45) is 0. The fourth-order valence-electron chi connectivity index (χ4n) is 1.34. The highest BCUT2D eigenvalue weighted by atomic mass is 127. The van der Waals surface area contributed by atoms with Gasteiger partial charge in [0, 0.05) is 22.2 Å². The first-order valence-corrected chi connectivity index (χ1v) is 6.41. The zero-order valence-electron chi connectivity index (χ0n) is 8.91. The molecule has 1 aromatic carbocycles. The SMILES string of the molecule is CCN(CCO)C(=O)c1ccc(Cl)c(I)c1. The number of hydrogen-bond donors (Lipinski definition) is 1. The minimum atomic E-state index is -0.0777. The van der Waals surface area contributed by atoms with Crippen LogP contribution < -0.4 is 0 Å². The van der Waals surface area contributed by atoms with Gasteiger partial charge in [-0.3, -0.25) is 4.79 Å². The molecule has 3 nitrogen and oxygen atoms in total. The van der Waals surface area contributed by atoms with E-state index in [1.807, 2.05) is 6.92 Å². The van der Waals surface area contributed by atoms with Gasteiger partial charge in [-0.05, 0) is 47.7 Å². The molecule has 0 spiro atoms. The van der Waals surface area contributed by atoms with Gasteiger partial charge in [0.2, 0.25) is 0 Å². The summed E-state index contributed by atoms with van der Waals surface area (Å²) in [7, 11) is 0. The highest BCUT2D eigenvalue weighted by Crippen LogP contribution is 2.20. The van der Waals surface area contributed by atoms with Crippen LogP contribution in [0.4, 0.5) is 0 Å². The number of likely N-dealkylation sites (N-methyl/N-ethyl adjacent to an activating group) is 1. The van der Waals surface area contributed by atoms with E-state index in [-0.39, 0.29) is 12.5 Å². The van der Waals surface area contributed by atoms with E-state index in [1.165, 1.54) is 0 Å². The van der Waals surface area contributed by atoms with E-state index in [0.717, 1.165) is 3.57 Å². The Morgan fingerprint density at radius 1 is 1.56 bits per heavy atom. The molecule has 0 aliphatic heterocycles. The van der Waals surface area contributed by atoms with Gasteiger partial charge < -0.3 is 10.0 Å². The number of aliphatic hydroxyl groups excluding tert-OH is 1. The van der Waals surface area contributed by atoms with Crippen LogP contribution in [0.25, 0.3) is 0 Å². The highest BCUT2D eigenvalue weighted by molar-refractivity contribution is 14.1. The summed E-state index contributed by atoms with van der Waals surface area (Å²) in [6, 6.07) is 5.17. The van der Waals surface area contributed by atoms with Gasteiger partial charge >= 0.3 is 0 Å². The van der Waals surface area contributed by atoms with Crippen molar-refractivity contribution in [2.75, 3.05) is 19.7 Å². The van der Waals surface area contributed by atoms with Gasteiger partial charge in [0.25, 0.3) is 5.91 Å². The maximum Gasteiger partial charge on any atom is 0.253 e. The lowest BCUT2D eigenvalue weighted by Gasteiger charge is -2.19. The number of aliphatic hydroxyl groups is 1. The molecule has 5 heteroatoms. The van der Waals surface area contributed by atoms with Gasteiger partial charge in [-0.1, -0.05) is 11.6 Å². The minimum Gasteiger partial charge on any atom is -0.395 e. The second-order valence-corrected chi connectivity index (χ2v) is 4.81. The molecule has 0 bridgehead atoms. The van der Waals surface area contributed by atoms with Crippen molar-refractivity contribution < 1.29 is 9.90 Å². The number of carbonyl (C=O) groups is 1. The van der Waals surface area contributed by atoms with Gasteiger partial charge in [0.15, 0.2) is 0 Å². The average molecular weight is 354 g/mol. The summed E-state index contributed by atoms with van der Waals surface area (Å²) < 4.78 is 0.852. The van der Waals surface area contributed by atoms with Crippen LogP contribution in [0.15, 0.2) is 18.2 Å². The van der Waals surface area contributed by atoms with Crippen molar-refractivity contribution in [3.05, 3.63) is 32.4 Å². The summed E-state index contributed by atoms with van der Waals surface area (Å²) >= 11 is 7.98. The molecule has 1 aromatic rings. The Hall–Kier alpha value is -0.330. The smallest absolute Gasteiger partial charge is 0.253 e. The number of nitrogens with zero attached hydrogens (tertiary/aromatic N) is 1. The van der Waals surface area contributed by atoms with Crippen molar-refractivity contribution in [3.63, 3.8) is 0 Å². The first-order chi connectivity index (χ1) is 7.60. The molecular formula is C11H13ClINO2. The fourth-order valence-corrected chi connectivity index (χ4v) is 1.97. The van der Waals surface area contributed by atoms with E-state index in [9.17, 15) is 4.79 Å². The molecule has 0 unspecified atom stereocenters. The molecule has 0 aliphatic carbocycles. The van der Waals surface area contributed by atoms with Gasteiger partial charge in [0.05, 0.1) is 11.6 Å². The van der Waals surface area contributed by atoms with Gasteiger partial charge in [-0.15, -0.1) is 0 Å². The van der Waals surface area contributed by atoms with Crippen LogP contribution in [0, 0.1) is 3.57 Å². The van der Waals surface area contributed by atoms with E-state index >= 15 is 0 Å². The molecule has 0 saturated carbocycles. The van der Waals surface area contributed by atoms with Crippen molar-refractivity contribution in [1.29, 1.82) is 0 Å². The van der Waals surface area contributed by atoms with Crippen LogP contribution in [-0.4, -0.2) is 35.6 Å². The number of hydrogen-bond acceptors (Lipinski definition) is 2. The Morgan fingerprint density at radius 2 is 2.25 bits per heavy atom. The van der Waals surface area contributed by atoms with E-state index in [0.29, 0.717) is 23.7 Å². The lowest BCUT2D eigenvalue weighted by atomic mass is 10.2. The summed E-state index contributed by atoms with van der Waals surface area (Å²) in [5.74, 6) is -0.0777. The Labute approximate surface area is 114 Å². The Morgan fingerprint density at radius 3 is 2.75 bits per heavy atom. The lowest BCUT2D eigenvalue weighted by Crippen LogP contribution is -2.33. The van der Waals surface area contributed by atoms with E-state index in [4.69, 9.17) is 16.7 Å². The molecular weight excluding hydrogens is 340 g/mol. The summed E-state index contributed by atoms with van der Waals surface area (Å²) in [6.45, 7) is 2.80. The molecule has 1 amide bonds. The first kappa shape index (κ1) is 13.7. The maximum absolute atomic E-state index is 12.0. The van der Waals surface area contributed by atoms with Crippen LogP contribution in [0.5, 0.6) is 0 Å². The molecule has 0 saturated heterocycles. The van der Waals surface area contributed by atoms with Crippen LogP contribution in [0.2, 0.25) is 5.02 Å². The highest BCUT2D eigenvalue weighted by Gasteiger charge is 2.14. The molecule has 88 valence electrons. The maximum atomic E-state index is 12.0. The Balaban J connectivity index is 2.90. The second-order valence-electron chi connectivity index (χ2n) is 3.24. The van der Waals surface area contributed by atoms with Gasteiger partial charge in [0.1, 0.15) is 0 Å². The molecule has 0 aliphatic rings. The Kier molecular flexibility index (Phi) is 5.51.